The molecule has 0 fully saturated rings. The van der Waals surface area contributed by atoms with Gasteiger partial charge in [-0.1, -0.05) is 3.89 Å². The number of rotatable bonds is 2. The molecule has 0 aliphatic rings. The topological polar surface area (TPSA) is 71.4 Å². The van der Waals surface area contributed by atoms with E-state index in [2.05, 4.69) is 0 Å². The number of carboxylic acids is 1. The van der Waals surface area contributed by atoms with E-state index in [9.17, 15) is 25.9 Å². The molecule has 0 aromatic heterocycles. The minimum atomic E-state index is -6.33. The zero-order chi connectivity index (χ0) is 8.58. The number of hydrogen-bond donors (Lipinski definition) is 1. The Labute approximate surface area is 101 Å². The van der Waals surface area contributed by atoms with Crippen molar-refractivity contribution in [2.45, 2.75) is 5.25 Å². The molecule has 86 valence electrons. The second kappa shape index (κ2) is 6.85. The Morgan fingerprint density at radius 1 is 1.31 bits per heavy atom. The number of halogens is 4. The third-order valence-electron chi connectivity index (χ3n) is 0.555. The van der Waals surface area contributed by atoms with Gasteiger partial charge < -0.3 is 12.5 Å². The van der Waals surface area contributed by atoms with Crippen molar-refractivity contribution in [2.24, 2.45) is 0 Å². The summed E-state index contributed by atoms with van der Waals surface area (Å²) < 4.78 is 52.8. The average molecular weight is 385 g/mol. The summed E-state index contributed by atoms with van der Waals surface area (Å²) in [6.45, 7) is 0. The molecule has 0 aromatic carbocycles. The maximum atomic E-state index is 11.5. The van der Waals surface area contributed by atoms with Gasteiger partial charge in [-0.15, -0.1) is 24.0 Å². The number of carboxylic acid groups (broad SMARTS) is 1. The molecule has 0 bridgehead atoms. The van der Waals surface area contributed by atoms with Crippen molar-refractivity contribution in [2.75, 3.05) is 0 Å². The smallest absolute Gasteiger partial charge is 0.476 e. The molecule has 4 nitrogen and oxygen atoms in total. The standard InChI is InChI=1S/C2HF3O4S.CH3.Cu.HI/c3-2(4,1(6)7)10(5,8)9;;;/h(H,6,7);1H3;;1H/q;-1;+1;. The predicted molar refractivity (Wildman–Crippen MR) is 44.4 cm³/mol. The van der Waals surface area contributed by atoms with Crippen molar-refractivity contribution in [1.82, 2.24) is 0 Å². The maximum Gasteiger partial charge on any atom is 1.00 e. The normalized spacial score (nSPS) is 10.1. The molecule has 0 saturated heterocycles. The molecule has 0 aromatic rings. The first-order valence-corrected chi connectivity index (χ1v) is 3.13. The van der Waals surface area contributed by atoms with E-state index in [-0.39, 0.29) is 48.5 Å². The van der Waals surface area contributed by atoms with Gasteiger partial charge in [-0.25, -0.2) is 4.79 Å². The quantitative estimate of drug-likeness (QED) is 0.334. The molecule has 0 aliphatic heterocycles. The average Bonchev–Trinajstić information content (AvgIpc) is 1.62. The fraction of sp³-hybridized carbons (Fsp3) is 0.333. The van der Waals surface area contributed by atoms with Crippen molar-refractivity contribution in [3.8, 4) is 0 Å². The van der Waals surface area contributed by atoms with Gasteiger partial charge in [-0.05, 0) is 0 Å². The Morgan fingerprint density at radius 3 is 1.54 bits per heavy atom. The van der Waals surface area contributed by atoms with E-state index < -0.39 is 21.4 Å². The van der Waals surface area contributed by atoms with Crippen molar-refractivity contribution < 1.29 is 48.1 Å². The van der Waals surface area contributed by atoms with Crippen LogP contribution in [0.5, 0.6) is 0 Å². The number of alkyl halides is 2. The van der Waals surface area contributed by atoms with E-state index in [1.807, 2.05) is 0 Å². The van der Waals surface area contributed by atoms with Gasteiger partial charge in [0.05, 0.1) is 0 Å². The summed E-state index contributed by atoms with van der Waals surface area (Å²) in [7, 11) is -6.33. The molecule has 0 saturated carbocycles. The first-order valence-electron chi connectivity index (χ1n) is 1.75. The summed E-state index contributed by atoms with van der Waals surface area (Å²) in [5, 5.41) is 2.07. The van der Waals surface area contributed by atoms with Crippen LogP contribution in [0.2, 0.25) is 0 Å². The maximum absolute atomic E-state index is 11.5. The zero-order valence-corrected chi connectivity index (χ0v) is 10.0. The van der Waals surface area contributed by atoms with E-state index in [4.69, 9.17) is 5.11 Å². The second-order valence-corrected chi connectivity index (χ2v) is 2.65. The van der Waals surface area contributed by atoms with Crippen LogP contribution >= 0.6 is 24.0 Å². The molecular weight excluding hydrogens is 380 g/mol. The summed E-state index contributed by atoms with van der Waals surface area (Å²) in [5.74, 6) is -3.03. The van der Waals surface area contributed by atoms with Gasteiger partial charge >= 0.3 is 38.5 Å². The Hall–Kier alpha value is 0.459. The first-order chi connectivity index (χ1) is 4.19. The van der Waals surface area contributed by atoms with Gasteiger partial charge in [-0.3, -0.25) is 0 Å². The molecule has 0 radical (unpaired) electrons. The summed E-state index contributed by atoms with van der Waals surface area (Å²) in [6.07, 6.45) is 0. The van der Waals surface area contributed by atoms with Crippen LogP contribution in [0, 0.1) is 7.43 Å². The van der Waals surface area contributed by atoms with Crippen molar-refractivity contribution >= 4 is 40.2 Å². The SMILES string of the molecule is I.O=C(O)C(F)(F)S(=O)(=O)F.[CH3-].[Cu+]. The van der Waals surface area contributed by atoms with E-state index in [0.717, 1.165) is 0 Å². The van der Waals surface area contributed by atoms with Crippen LogP contribution < -0.4 is 0 Å². The van der Waals surface area contributed by atoms with Gasteiger partial charge in [0.25, 0.3) is 0 Å². The monoisotopic (exact) mass is 384 g/mol. The Bertz CT molecular complexity index is 253. The van der Waals surface area contributed by atoms with E-state index in [1.165, 1.54) is 0 Å². The predicted octanol–water partition coefficient (Wildman–Crippen LogP) is 1.03. The number of aliphatic carboxylic acids is 1. The van der Waals surface area contributed by atoms with Gasteiger partial charge in [0.2, 0.25) is 0 Å². The molecule has 0 rings (SSSR count). The van der Waals surface area contributed by atoms with Gasteiger partial charge in [-0.2, -0.15) is 17.2 Å². The largest absolute Gasteiger partial charge is 1.00 e. The van der Waals surface area contributed by atoms with Crippen molar-refractivity contribution in [3.63, 3.8) is 0 Å². The van der Waals surface area contributed by atoms with E-state index >= 15 is 0 Å². The van der Waals surface area contributed by atoms with Crippen molar-refractivity contribution in [1.29, 1.82) is 0 Å². The molecule has 0 unspecified atom stereocenters. The minimum absolute atomic E-state index is 0. The summed E-state index contributed by atoms with van der Waals surface area (Å²) >= 11 is 0. The third kappa shape index (κ3) is 5.70. The molecule has 13 heavy (non-hydrogen) atoms. The van der Waals surface area contributed by atoms with Crippen LogP contribution in [0.1, 0.15) is 0 Å². The molecule has 0 spiro atoms. The van der Waals surface area contributed by atoms with Crippen LogP contribution in [0.25, 0.3) is 0 Å². The van der Waals surface area contributed by atoms with Crippen LogP contribution in [-0.2, 0) is 32.1 Å². The summed E-state index contributed by atoms with van der Waals surface area (Å²) in [4.78, 5) is 9.30. The summed E-state index contributed by atoms with van der Waals surface area (Å²) in [5.41, 5.74) is 0. The molecule has 0 atom stereocenters. The molecule has 0 amide bonds. The van der Waals surface area contributed by atoms with Crippen LogP contribution in [0.3, 0.4) is 0 Å². The molecular formula is C3H5CuF3IO4S. The minimum Gasteiger partial charge on any atom is -0.476 e. The Morgan fingerprint density at radius 2 is 1.54 bits per heavy atom. The van der Waals surface area contributed by atoms with E-state index in [0.29, 0.717) is 0 Å². The third-order valence-corrected chi connectivity index (χ3v) is 1.34. The molecule has 10 heteroatoms. The second-order valence-electron chi connectivity index (χ2n) is 1.26. The fourth-order valence-electron chi connectivity index (χ4n) is 0.104. The van der Waals surface area contributed by atoms with Gasteiger partial charge in [0, 0.05) is 0 Å². The summed E-state index contributed by atoms with van der Waals surface area (Å²) in [6, 6.07) is 0. The van der Waals surface area contributed by atoms with Crippen LogP contribution in [0.15, 0.2) is 0 Å². The van der Waals surface area contributed by atoms with E-state index in [1.54, 1.807) is 0 Å². The number of carbonyl (C=O) groups is 1. The zero-order valence-electron chi connectivity index (χ0n) is 5.92. The van der Waals surface area contributed by atoms with Gasteiger partial charge in [0.1, 0.15) is 0 Å². The molecule has 1 N–H and O–H groups in total. The Kier molecular flexibility index (Phi) is 12.3. The molecule has 0 heterocycles. The van der Waals surface area contributed by atoms with Crippen LogP contribution in [-0.4, -0.2) is 24.7 Å². The fourth-order valence-corrected chi connectivity index (χ4v) is 0.313. The first kappa shape index (κ1) is 23.4. The van der Waals surface area contributed by atoms with Gasteiger partial charge in [0.15, 0.2) is 0 Å². The van der Waals surface area contributed by atoms with Crippen molar-refractivity contribution in [3.05, 3.63) is 7.43 Å². The Balaban J connectivity index is -0.000000135. The van der Waals surface area contributed by atoms with Crippen LogP contribution in [0.4, 0.5) is 12.7 Å². The number of hydrogen-bond acceptors (Lipinski definition) is 3. The molecule has 0 aliphatic carbocycles.